The van der Waals surface area contributed by atoms with Crippen LogP contribution in [0.5, 0.6) is 0 Å². The molecule has 0 aliphatic carbocycles. The van der Waals surface area contributed by atoms with Crippen LogP contribution in [0.4, 0.5) is 0 Å². The molecule has 0 saturated heterocycles. The van der Waals surface area contributed by atoms with Crippen LogP contribution in [0.3, 0.4) is 0 Å². The Bertz CT molecular complexity index is 286. The lowest BCUT2D eigenvalue weighted by Crippen LogP contribution is -2.27. The number of benzene rings is 1. The van der Waals surface area contributed by atoms with Crippen molar-refractivity contribution < 1.29 is 0 Å². The summed E-state index contributed by atoms with van der Waals surface area (Å²) in [6, 6.07) is 9.33. The average molecular weight is 223 g/mol. The molecule has 1 rings (SSSR count). The largest absolute Gasteiger partial charge is 0.313 e. The molecule has 1 atom stereocenters. The Morgan fingerprint density at radius 3 is 2.87 bits per heavy atom. The Balaban J connectivity index is 2.20. The zero-order chi connectivity index (χ0) is 11.1. The van der Waals surface area contributed by atoms with Crippen molar-refractivity contribution in [2.75, 3.05) is 12.3 Å². The van der Waals surface area contributed by atoms with Gasteiger partial charge in [0.15, 0.2) is 0 Å². The van der Waals surface area contributed by atoms with Gasteiger partial charge in [0.1, 0.15) is 0 Å². The maximum absolute atomic E-state index is 3.50. The van der Waals surface area contributed by atoms with Crippen molar-refractivity contribution in [1.82, 2.24) is 5.32 Å². The second-order valence-electron chi connectivity index (χ2n) is 3.93. The molecule has 0 amide bonds. The molecule has 0 aliphatic rings. The Labute approximate surface area is 97.7 Å². The Morgan fingerprint density at radius 2 is 2.20 bits per heavy atom. The summed E-state index contributed by atoms with van der Waals surface area (Å²) in [6.45, 7) is 7.68. The van der Waals surface area contributed by atoms with Crippen molar-refractivity contribution in [2.45, 2.75) is 38.1 Å². The Morgan fingerprint density at radius 1 is 1.40 bits per heavy atom. The van der Waals surface area contributed by atoms with Gasteiger partial charge in [0.2, 0.25) is 0 Å². The smallest absolute Gasteiger partial charge is 0.0106 e. The quantitative estimate of drug-likeness (QED) is 0.585. The topological polar surface area (TPSA) is 12.0 Å². The van der Waals surface area contributed by atoms with E-state index in [1.54, 1.807) is 0 Å². The molecule has 84 valence electrons. The van der Waals surface area contributed by atoms with Crippen molar-refractivity contribution in [3.05, 3.63) is 29.8 Å². The van der Waals surface area contributed by atoms with Gasteiger partial charge in [-0.25, -0.2) is 0 Å². The molecule has 0 aliphatic heterocycles. The normalized spacial score (nSPS) is 12.7. The van der Waals surface area contributed by atoms with Gasteiger partial charge in [-0.05, 0) is 32.4 Å². The lowest BCUT2D eigenvalue weighted by molar-refractivity contribution is 0.555. The van der Waals surface area contributed by atoms with Gasteiger partial charge in [-0.15, -0.1) is 11.8 Å². The summed E-state index contributed by atoms with van der Waals surface area (Å²) >= 11 is 1.92. The van der Waals surface area contributed by atoms with E-state index in [4.69, 9.17) is 0 Å². The Kier molecular flexibility index (Phi) is 5.81. The fourth-order valence-electron chi connectivity index (χ4n) is 1.32. The van der Waals surface area contributed by atoms with E-state index in [9.17, 15) is 0 Å². The molecule has 1 nitrogen and oxygen atoms in total. The first-order valence-corrected chi connectivity index (χ1v) is 6.63. The molecule has 1 aromatic carbocycles. The van der Waals surface area contributed by atoms with Crippen molar-refractivity contribution >= 4 is 11.8 Å². The predicted molar refractivity (Wildman–Crippen MR) is 69.7 cm³/mol. The third kappa shape index (κ3) is 5.24. The molecule has 0 bridgehead atoms. The van der Waals surface area contributed by atoms with Gasteiger partial charge in [0, 0.05) is 23.2 Å². The summed E-state index contributed by atoms with van der Waals surface area (Å²) in [5.41, 5.74) is 1.34. The Hall–Kier alpha value is -0.470. The summed E-state index contributed by atoms with van der Waals surface area (Å²) in [6.07, 6.45) is 1.20. The molecule has 15 heavy (non-hydrogen) atoms. The van der Waals surface area contributed by atoms with Gasteiger partial charge >= 0.3 is 0 Å². The van der Waals surface area contributed by atoms with Crippen LogP contribution in [-0.4, -0.2) is 18.3 Å². The van der Waals surface area contributed by atoms with Crippen LogP contribution in [0.25, 0.3) is 0 Å². The van der Waals surface area contributed by atoms with Crippen LogP contribution in [0.2, 0.25) is 0 Å². The van der Waals surface area contributed by atoms with E-state index in [0.29, 0.717) is 6.04 Å². The highest BCUT2D eigenvalue weighted by atomic mass is 32.2. The highest BCUT2D eigenvalue weighted by Crippen LogP contribution is 2.17. The minimum atomic E-state index is 0.642. The molecule has 0 fully saturated rings. The van der Waals surface area contributed by atoms with Crippen LogP contribution >= 0.6 is 11.8 Å². The summed E-state index contributed by atoms with van der Waals surface area (Å²) in [4.78, 5) is 1.38. The van der Waals surface area contributed by atoms with Crippen molar-refractivity contribution in [3.8, 4) is 0 Å². The molecule has 2 heteroatoms. The predicted octanol–water partition coefficient (Wildman–Crippen LogP) is 3.48. The summed E-state index contributed by atoms with van der Waals surface area (Å²) in [7, 11) is 0. The van der Waals surface area contributed by atoms with Gasteiger partial charge in [0.25, 0.3) is 0 Å². The fraction of sp³-hybridized carbons (Fsp3) is 0.538. The van der Waals surface area contributed by atoms with E-state index in [1.807, 2.05) is 11.8 Å². The van der Waals surface area contributed by atoms with Gasteiger partial charge in [-0.2, -0.15) is 0 Å². The third-order valence-electron chi connectivity index (χ3n) is 2.47. The van der Waals surface area contributed by atoms with E-state index in [1.165, 1.54) is 16.9 Å². The van der Waals surface area contributed by atoms with Gasteiger partial charge in [-0.1, -0.05) is 24.6 Å². The van der Waals surface area contributed by atoms with E-state index in [-0.39, 0.29) is 0 Å². The van der Waals surface area contributed by atoms with E-state index in [2.05, 4.69) is 50.4 Å². The minimum absolute atomic E-state index is 0.642. The molecular weight excluding hydrogens is 202 g/mol. The first kappa shape index (κ1) is 12.6. The monoisotopic (exact) mass is 223 g/mol. The molecular formula is C13H21NS. The molecule has 1 aromatic rings. The standard InChI is InChI=1S/C13H21NS/c1-4-12(3)14-8-9-15-13-7-5-6-11(2)10-13/h5-7,10,12,14H,4,8-9H2,1-3H3. The highest BCUT2D eigenvalue weighted by molar-refractivity contribution is 7.99. The van der Waals surface area contributed by atoms with Crippen LogP contribution in [0.1, 0.15) is 25.8 Å². The average Bonchev–Trinajstić information content (AvgIpc) is 2.24. The molecule has 0 radical (unpaired) electrons. The number of hydrogen-bond donors (Lipinski definition) is 1. The van der Waals surface area contributed by atoms with Crippen molar-refractivity contribution in [3.63, 3.8) is 0 Å². The zero-order valence-electron chi connectivity index (χ0n) is 9.92. The number of hydrogen-bond acceptors (Lipinski definition) is 2. The number of rotatable bonds is 6. The maximum Gasteiger partial charge on any atom is 0.0106 e. The van der Waals surface area contributed by atoms with Crippen molar-refractivity contribution in [1.29, 1.82) is 0 Å². The first-order valence-electron chi connectivity index (χ1n) is 5.65. The SMILES string of the molecule is CCC(C)NCCSc1cccc(C)c1. The van der Waals surface area contributed by atoms with Crippen molar-refractivity contribution in [2.24, 2.45) is 0 Å². The molecule has 1 N–H and O–H groups in total. The second-order valence-corrected chi connectivity index (χ2v) is 5.10. The number of aryl methyl sites for hydroxylation is 1. The second kappa shape index (κ2) is 6.91. The van der Waals surface area contributed by atoms with E-state index < -0.39 is 0 Å². The number of nitrogens with one attached hydrogen (secondary N) is 1. The number of thioether (sulfide) groups is 1. The first-order chi connectivity index (χ1) is 7.22. The van der Waals surface area contributed by atoms with Crippen LogP contribution in [-0.2, 0) is 0 Å². The lowest BCUT2D eigenvalue weighted by atomic mass is 10.2. The summed E-state index contributed by atoms with van der Waals surface area (Å²) in [5, 5.41) is 3.50. The third-order valence-corrected chi connectivity index (χ3v) is 3.46. The van der Waals surface area contributed by atoms with Crippen LogP contribution in [0.15, 0.2) is 29.2 Å². The molecule has 0 spiro atoms. The molecule has 0 saturated carbocycles. The molecule has 1 unspecified atom stereocenters. The van der Waals surface area contributed by atoms with Gasteiger partial charge < -0.3 is 5.32 Å². The lowest BCUT2D eigenvalue weighted by Gasteiger charge is -2.10. The summed E-state index contributed by atoms with van der Waals surface area (Å²) < 4.78 is 0. The highest BCUT2D eigenvalue weighted by Gasteiger charge is 1.97. The van der Waals surface area contributed by atoms with E-state index >= 15 is 0 Å². The molecule has 0 heterocycles. The zero-order valence-corrected chi connectivity index (χ0v) is 10.7. The van der Waals surface area contributed by atoms with Crippen LogP contribution in [0, 0.1) is 6.92 Å². The summed E-state index contributed by atoms with van der Waals surface area (Å²) in [5.74, 6) is 1.15. The molecule has 0 aromatic heterocycles. The van der Waals surface area contributed by atoms with Gasteiger partial charge in [-0.3, -0.25) is 0 Å². The maximum atomic E-state index is 3.50. The fourth-order valence-corrected chi connectivity index (χ4v) is 2.22. The van der Waals surface area contributed by atoms with Gasteiger partial charge in [0.05, 0.1) is 0 Å². The minimum Gasteiger partial charge on any atom is -0.313 e. The van der Waals surface area contributed by atoms with Crippen LogP contribution < -0.4 is 5.32 Å². The van der Waals surface area contributed by atoms with E-state index in [0.717, 1.165) is 12.3 Å².